The second kappa shape index (κ2) is 5.90. The largest absolute Gasteiger partial charge is 0.514 e. The maximum atomic E-state index is 11.1. The number of nitrogens with one attached hydrogen (secondary N) is 1. The summed E-state index contributed by atoms with van der Waals surface area (Å²) in [4.78, 5) is 22.2. The third kappa shape index (κ3) is 2.45. The van der Waals surface area contributed by atoms with E-state index in [1.807, 2.05) is 5.43 Å². The maximum Gasteiger partial charge on any atom is 0.514 e. The van der Waals surface area contributed by atoms with Gasteiger partial charge in [-0.3, -0.25) is 0 Å². The van der Waals surface area contributed by atoms with Crippen LogP contribution in [0, 0.1) is 0 Å². The standard InChI is InChI=1S/C9H14N2O9/c1-15-6(12)19-5-8(17-3,18-4)9(14,11-10-5)20-7(13)16-2/h11,14H,1-4H3/t9-/m0/s1. The van der Waals surface area contributed by atoms with E-state index in [2.05, 4.69) is 24.0 Å². The Hall–Kier alpha value is -2.11. The van der Waals surface area contributed by atoms with Crippen LogP contribution in [0.4, 0.5) is 9.59 Å². The molecule has 0 radical (unpaired) electrons. The fourth-order valence-corrected chi connectivity index (χ4v) is 1.42. The van der Waals surface area contributed by atoms with Crippen LogP contribution in [-0.2, 0) is 28.4 Å². The molecule has 1 aliphatic heterocycles. The lowest BCUT2D eigenvalue weighted by atomic mass is 10.2. The quantitative estimate of drug-likeness (QED) is 0.498. The van der Waals surface area contributed by atoms with Crippen LogP contribution in [0.15, 0.2) is 5.10 Å². The SMILES string of the molecule is COC(=O)OC1=NN[C@@](O)(OC(=O)OC)C1(OC)OC. The fraction of sp³-hybridized carbons (Fsp3) is 0.667. The molecule has 11 heteroatoms. The van der Waals surface area contributed by atoms with Gasteiger partial charge in [-0.05, 0) is 0 Å². The molecule has 0 bridgehead atoms. The van der Waals surface area contributed by atoms with Crippen molar-refractivity contribution in [3.8, 4) is 0 Å². The van der Waals surface area contributed by atoms with Crippen molar-refractivity contribution in [1.29, 1.82) is 0 Å². The van der Waals surface area contributed by atoms with Gasteiger partial charge in [0.2, 0.25) is 0 Å². The fourth-order valence-electron chi connectivity index (χ4n) is 1.42. The molecule has 1 atom stereocenters. The smallest absolute Gasteiger partial charge is 0.438 e. The lowest BCUT2D eigenvalue weighted by molar-refractivity contribution is -0.347. The van der Waals surface area contributed by atoms with Crippen LogP contribution in [-0.4, -0.2) is 63.5 Å². The van der Waals surface area contributed by atoms with Gasteiger partial charge in [-0.25, -0.2) is 15.0 Å². The van der Waals surface area contributed by atoms with E-state index >= 15 is 0 Å². The van der Waals surface area contributed by atoms with Crippen molar-refractivity contribution in [2.24, 2.45) is 5.10 Å². The zero-order chi connectivity index (χ0) is 15.4. The first-order chi connectivity index (χ1) is 9.39. The molecule has 0 amide bonds. The first kappa shape index (κ1) is 15.9. The van der Waals surface area contributed by atoms with Gasteiger partial charge in [-0.1, -0.05) is 0 Å². The predicted molar refractivity (Wildman–Crippen MR) is 59.2 cm³/mol. The Bertz CT molecular complexity index is 420. The van der Waals surface area contributed by atoms with E-state index in [-0.39, 0.29) is 0 Å². The molecule has 2 N–H and O–H groups in total. The predicted octanol–water partition coefficient (Wildman–Crippen LogP) is -0.896. The highest BCUT2D eigenvalue weighted by molar-refractivity contribution is 5.93. The van der Waals surface area contributed by atoms with Crippen LogP contribution in [0.2, 0.25) is 0 Å². The molecule has 11 nitrogen and oxygen atoms in total. The second-order valence-corrected chi connectivity index (χ2v) is 3.31. The Balaban J connectivity index is 3.07. The summed E-state index contributed by atoms with van der Waals surface area (Å²) in [5, 5.41) is 13.7. The molecule has 0 aliphatic carbocycles. The summed E-state index contributed by atoms with van der Waals surface area (Å²) >= 11 is 0. The van der Waals surface area contributed by atoms with Gasteiger partial charge in [0.1, 0.15) is 0 Å². The summed E-state index contributed by atoms with van der Waals surface area (Å²) in [7, 11) is 4.27. The number of carbonyl (C=O) groups excluding carboxylic acids is 2. The minimum atomic E-state index is -2.62. The van der Waals surface area contributed by atoms with Gasteiger partial charge in [-0.2, -0.15) is 0 Å². The van der Waals surface area contributed by atoms with Crippen molar-refractivity contribution in [2.75, 3.05) is 28.4 Å². The summed E-state index contributed by atoms with van der Waals surface area (Å²) in [6.07, 6.45) is -2.40. The highest BCUT2D eigenvalue weighted by Crippen LogP contribution is 2.33. The molecule has 1 heterocycles. The van der Waals surface area contributed by atoms with Crippen LogP contribution < -0.4 is 5.43 Å². The molecule has 0 saturated heterocycles. The van der Waals surface area contributed by atoms with E-state index in [0.29, 0.717) is 0 Å². The summed E-state index contributed by atoms with van der Waals surface area (Å²) in [6.45, 7) is 0. The normalized spacial score (nSPS) is 23.4. The van der Waals surface area contributed by atoms with Crippen molar-refractivity contribution < 1.29 is 43.1 Å². The molecule has 1 rings (SSSR count). The molecule has 0 fully saturated rings. The summed E-state index contributed by atoms with van der Waals surface area (Å²) in [5.74, 6) is -5.43. The molecular formula is C9H14N2O9. The van der Waals surface area contributed by atoms with E-state index < -0.39 is 29.9 Å². The molecule has 0 unspecified atom stereocenters. The van der Waals surface area contributed by atoms with E-state index in [9.17, 15) is 14.7 Å². The molecule has 0 aromatic rings. The molecule has 1 aliphatic rings. The summed E-state index contributed by atoms with van der Waals surface area (Å²) < 4.78 is 27.6. The third-order valence-corrected chi connectivity index (χ3v) is 2.36. The van der Waals surface area contributed by atoms with E-state index in [1.54, 1.807) is 0 Å². The van der Waals surface area contributed by atoms with Crippen molar-refractivity contribution in [2.45, 2.75) is 11.7 Å². The summed E-state index contributed by atoms with van der Waals surface area (Å²) in [6, 6.07) is 0. The second-order valence-electron chi connectivity index (χ2n) is 3.31. The van der Waals surface area contributed by atoms with E-state index in [0.717, 1.165) is 28.4 Å². The van der Waals surface area contributed by atoms with Crippen molar-refractivity contribution in [3.63, 3.8) is 0 Å². The number of hydrazone groups is 1. The van der Waals surface area contributed by atoms with Crippen LogP contribution in [0.5, 0.6) is 0 Å². The van der Waals surface area contributed by atoms with Gasteiger partial charge >= 0.3 is 24.0 Å². The minimum Gasteiger partial charge on any atom is -0.438 e. The Morgan fingerprint density at radius 1 is 1.10 bits per heavy atom. The molecule has 0 aromatic heterocycles. The van der Waals surface area contributed by atoms with Gasteiger partial charge in [0.15, 0.2) is 0 Å². The highest BCUT2D eigenvalue weighted by atomic mass is 16.8. The van der Waals surface area contributed by atoms with Crippen LogP contribution in [0.1, 0.15) is 0 Å². The number of methoxy groups -OCH3 is 4. The number of hydrogen-bond donors (Lipinski definition) is 2. The zero-order valence-electron chi connectivity index (χ0n) is 11.2. The molecule has 0 aromatic carbocycles. The monoisotopic (exact) mass is 294 g/mol. The first-order valence-electron chi connectivity index (χ1n) is 5.10. The lowest BCUT2D eigenvalue weighted by Gasteiger charge is -2.35. The maximum absolute atomic E-state index is 11.1. The number of ether oxygens (including phenoxy) is 6. The molecule has 114 valence electrons. The van der Waals surface area contributed by atoms with Gasteiger partial charge in [0.25, 0.3) is 5.90 Å². The van der Waals surface area contributed by atoms with Gasteiger partial charge in [-0.15, -0.1) is 5.10 Å². The zero-order valence-corrected chi connectivity index (χ0v) is 11.2. The molecule has 0 saturated carbocycles. The van der Waals surface area contributed by atoms with Crippen molar-refractivity contribution in [1.82, 2.24) is 5.43 Å². The Kier molecular flexibility index (Phi) is 4.70. The van der Waals surface area contributed by atoms with Crippen LogP contribution in [0.25, 0.3) is 0 Å². The van der Waals surface area contributed by atoms with E-state index in [4.69, 9.17) is 9.47 Å². The lowest BCUT2D eigenvalue weighted by Crippen LogP contribution is -2.65. The van der Waals surface area contributed by atoms with Crippen LogP contribution >= 0.6 is 0 Å². The minimum absolute atomic E-state index is 0.569. The Labute approximate surface area is 113 Å². The number of aliphatic hydroxyl groups is 1. The van der Waals surface area contributed by atoms with Gasteiger partial charge in [0.05, 0.1) is 14.2 Å². The van der Waals surface area contributed by atoms with Gasteiger partial charge < -0.3 is 33.5 Å². The number of nitrogens with zero attached hydrogens (tertiary/aromatic N) is 1. The van der Waals surface area contributed by atoms with Crippen molar-refractivity contribution in [3.05, 3.63) is 0 Å². The van der Waals surface area contributed by atoms with E-state index in [1.165, 1.54) is 0 Å². The topological polar surface area (TPSA) is 134 Å². The molecular weight excluding hydrogens is 280 g/mol. The molecule has 20 heavy (non-hydrogen) atoms. The van der Waals surface area contributed by atoms with Gasteiger partial charge in [0, 0.05) is 14.2 Å². The number of rotatable bonds is 3. The highest BCUT2D eigenvalue weighted by Gasteiger charge is 2.67. The third-order valence-electron chi connectivity index (χ3n) is 2.36. The Morgan fingerprint density at radius 2 is 1.65 bits per heavy atom. The Morgan fingerprint density at radius 3 is 2.10 bits per heavy atom. The number of carbonyl (C=O) groups is 2. The number of hydrogen-bond acceptors (Lipinski definition) is 11. The van der Waals surface area contributed by atoms with Crippen LogP contribution in [0.3, 0.4) is 0 Å². The van der Waals surface area contributed by atoms with Crippen molar-refractivity contribution >= 4 is 18.2 Å². The molecule has 0 spiro atoms. The average Bonchev–Trinajstić information content (AvgIpc) is 2.71. The summed E-state index contributed by atoms with van der Waals surface area (Å²) in [5.41, 5.74) is 2.01. The first-order valence-corrected chi connectivity index (χ1v) is 5.10. The average molecular weight is 294 g/mol.